The fourth-order valence-electron chi connectivity index (χ4n) is 2.86. The minimum Gasteiger partial charge on any atom is -0.489 e. The average Bonchev–Trinajstić information content (AvgIpc) is 2.68. The second-order valence-corrected chi connectivity index (χ2v) is 6.14. The predicted octanol–water partition coefficient (Wildman–Crippen LogP) is 5.12. The third-order valence-electron chi connectivity index (χ3n) is 4.32. The van der Waals surface area contributed by atoms with Crippen LogP contribution in [0.15, 0.2) is 78.9 Å². The van der Waals surface area contributed by atoms with Crippen molar-refractivity contribution >= 4 is 0 Å². The maximum Gasteiger partial charge on any atom is 0.119 e. The molecular weight excluding hydrogens is 306 g/mol. The van der Waals surface area contributed by atoms with E-state index in [0.717, 1.165) is 25.3 Å². The van der Waals surface area contributed by atoms with Crippen LogP contribution in [0.1, 0.15) is 29.2 Å². The van der Waals surface area contributed by atoms with E-state index in [9.17, 15) is 0 Å². The lowest BCUT2D eigenvalue weighted by Gasteiger charge is -2.10. The van der Waals surface area contributed by atoms with Gasteiger partial charge in [0.2, 0.25) is 0 Å². The lowest BCUT2D eigenvalue weighted by molar-refractivity contribution is 0.306. The first-order valence-corrected chi connectivity index (χ1v) is 8.88. The zero-order valence-corrected chi connectivity index (χ0v) is 14.7. The van der Waals surface area contributed by atoms with Gasteiger partial charge in [-0.15, -0.1) is 0 Å². The smallest absolute Gasteiger partial charge is 0.119 e. The Balaban J connectivity index is 1.47. The number of hydrogen-bond donors (Lipinski definition) is 1. The maximum atomic E-state index is 5.83. The number of nitrogens with one attached hydrogen (secondary N) is 1. The van der Waals surface area contributed by atoms with E-state index in [1.165, 1.54) is 22.3 Å². The summed E-state index contributed by atoms with van der Waals surface area (Å²) in [5, 5.41) is 3.53. The van der Waals surface area contributed by atoms with E-state index < -0.39 is 0 Å². The summed E-state index contributed by atoms with van der Waals surface area (Å²) in [6.07, 6.45) is 1.07. The molecule has 0 amide bonds. The molecule has 0 radical (unpaired) electrons. The van der Waals surface area contributed by atoms with Gasteiger partial charge in [0.05, 0.1) is 0 Å². The molecule has 0 saturated heterocycles. The van der Waals surface area contributed by atoms with Gasteiger partial charge in [-0.2, -0.15) is 0 Å². The highest BCUT2D eigenvalue weighted by Gasteiger charge is 2.00. The van der Waals surface area contributed by atoms with Crippen molar-refractivity contribution in [3.05, 3.63) is 101 Å². The van der Waals surface area contributed by atoms with E-state index in [1.807, 2.05) is 30.3 Å². The third kappa shape index (κ3) is 5.20. The van der Waals surface area contributed by atoms with Crippen molar-refractivity contribution in [2.45, 2.75) is 33.0 Å². The normalized spacial score (nSPS) is 10.6. The second kappa shape index (κ2) is 9.05. The van der Waals surface area contributed by atoms with Gasteiger partial charge in [0, 0.05) is 13.1 Å². The molecule has 0 unspecified atom stereocenters. The van der Waals surface area contributed by atoms with Gasteiger partial charge in [0.25, 0.3) is 0 Å². The van der Waals surface area contributed by atoms with Crippen LogP contribution in [0.2, 0.25) is 0 Å². The van der Waals surface area contributed by atoms with E-state index in [2.05, 4.69) is 60.8 Å². The molecule has 0 spiro atoms. The lowest BCUT2D eigenvalue weighted by atomic mass is 10.1. The molecule has 0 aromatic heterocycles. The van der Waals surface area contributed by atoms with Gasteiger partial charge in [-0.05, 0) is 40.8 Å². The van der Waals surface area contributed by atoms with Crippen LogP contribution in [0.25, 0.3) is 0 Å². The summed E-state index contributed by atoms with van der Waals surface area (Å²) < 4.78 is 5.83. The zero-order chi connectivity index (χ0) is 17.3. The highest BCUT2D eigenvalue weighted by atomic mass is 16.5. The SMILES string of the molecule is CCc1ccccc1CNCc1ccc(OCc2ccccc2)cc1. The number of benzene rings is 3. The van der Waals surface area contributed by atoms with Gasteiger partial charge in [-0.3, -0.25) is 0 Å². The number of rotatable bonds is 8. The Labute approximate surface area is 150 Å². The van der Waals surface area contributed by atoms with E-state index in [1.54, 1.807) is 0 Å². The van der Waals surface area contributed by atoms with Crippen LogP contribution in [0.5, 0.6) is 5.75 Å². The molecule has 0 bridgehead atoms. The van der Waals surface area contributed by atoms with Crippen LogP contribution >= 0.6 is 0 Å². The molecule has 0 heterocycles. The maximum absolute atomic E-state index is 5.83. The van der Waals surface area contributed by atoms with Gasteiger partial charge >= 0.3 is 0 Å². The Kier molecular flexibility index (Phi) is 6.24. The molecule has 0 aliphatic carbocycles. The molecule has 0 aliphatic heterocycles. The van der Waals surface area contributed by atoms with Gasteiger partial charge in [0.1, 0.15) is 12.4 Å². The number of hydrogen-bond acceptors (Lipinski definition) is 2. The van der Waals surface area contributed by atoms with Gasteiger partial charge in [-0.25, -0.2) is 0 Å². The molecule has 1 N–H and O–H groups in total. The Morgan fingerprint density at radius 1 is 0.680 bits per heavy atom. The molecule has 2 heteroatoms. The first-order chi connectivity index (χ1) is 12.3. The Morgan fingerprint density at radius 3 is 2.08 bits per heavy atom. The first-order valence-electron chi connectivity index (χ1n) is 8.88. The Hall–Kier alpha value is -2.58. The van der Waals surface area contributed by atoms with Crippen LogP contribution < -0.4 is 10.1 Å². The predicted molar refractivity (Wildman–Crippen MR) is 104 cm³/mol. The largest absolute Gasteiger partial charge is 0.489 e. The molecule has 0 aliphatic rings. The molecular formula is C23H25NO. The fraction of sp³-hybridized carbons (Fsp3) is 0.217. The van der Waals surface area contributed by atoms with Crippen LogP contribution in [0.3, 0.4) is 0 Å². The summed E-state index contributed by atoms with van der Waals surface area (Å²) in [4.78, 5) is 0. The summed E-state index contributed by atoms with van der Waals surface area (Å²) in [5.74, 6) is 0.906. The Morgan fingerprint density at radius 2 is 1.36 bits per heavy atom. The molecule has 0 fully saturated rings. The van der Waals surface area contributed by atoms with Crippen molar-refractivity contribution in [1.29, 1.82) is 0 Å². The molecule has 3 aromatic carbocycles. The van der Waals surface area contributed by atoms with Crippen molar-refractivity contribution in [2.75, 3.05) is 0 Å². The minimum absolute atomic E-state index is 0.603. The van der Waals surface area contributed by atoms with E-state index in [-0.39, 0.29) is 0 Å². The number of ether oxygens (including phenoxy) is 1. The highest BCUT2D eigenvalue weighted by Crippen LogP contribution is 2.15. The summed E-state index contributed by atoms with van der Waals surface area (Å²) in [6, 6.07) is 27.2. The van der Waals surface area contributed by atoms with E-state index in [0.29, 0.717) is 6.61 Å². The van der Waals surface area contributed by atoms with E-state index >= 15 is 0 Å². The lowest BCUT2D eigenvalue weighted by Crippen LogP contribution is -2.13. The summed E-state index contributed by atoms with van der Waals surface area (Å²) in [7, 11) is 0. The van der Waals surface area contributed by atoms with E-state index in [4.69, 9.17) is 4.74 Å². The van der Waals surface area contributed by atoms with Crippen molar-refractivity contribution in [2.24, 2.45) is 0 Å². The first kappa shape index (κ1) is 17.2. The summed E-state index contributed by atoms with van der Waals surface area (Å²) in [5.41, 5.74) is 5.25. The van der Waals surface area contributed by atoms with Gasteiger partial charge in [-0.1, -0.05) is 73.7 Å². The van der Waals surface area contributed by atoms with Crippen molar-refractivity contribution in [3.8, 4) is 5.75 Å². The monoisotopic (exact) mass is 331 g/mol. The third-order valence-corrected chi connectivity index (χ3v) is 4.32. The fourth-order valence-corrected chi connectivity index (χ4v) is 2.86. The second-order valence-electron chi connectivity index (χ2n) is 6.14. The van der Waals surface area contributed by atoms with Crippen LogP contribution in [-0.2, 0) is 26.1 Å². The topological polar surface area (TPSA) is 21.3 Å². The number of aryl methyl sites for hydroxylation is 1. The van der Waals surface area contributed by atoms with Crippen LogP contribution in [-0.4, -0.2) is 0 Å². The summed E-state index contributed by atoms with van der Waals surface area (Å²) >= 11 is 0. The van der Waals surface area contributed by atoms with Gasteiger partial charge < -0.3 is 10.1 Å². The van der Waals surface area contributed by atoms with Crippen molar-refractivity contribution in [3.63, 3.8) is 0 Å². The molecule has 128 valence electrons. The van der Waals surface area contributed by atoms with Gasteiger partial charge in [0.15, 0.2) is 0 Å². The van der Waals surface area contributed by atoms with Crippen molar-refractivity contribution in [1.82, 2.24) is 5.32 Å². The van der Waals surface area contributed by atoms with Crippen molar-refractivity contribution < 1.29 is 4.74 Å². The standard InChI is InChI=1S/C23H25NO/c1-2-21-10-6-7-11-22(21)17-24-16-19-12-14-23(15-13-19)25-18-20-8-4-3-5-9-20/h3-15,24H,2,16-18H2,1H3. The highest BCUT2D eigenvalue weighted by molar-refractivity contribution is 5.29. The molecule has 2 nitrogen and oxygen atoms in total. The molecule has 25 heavy (non-hydrogen) atoms. The summed E-state index contributed by atoms with van der Waals surface area (Å²) in [6.45, 7) is 4.56. The van der Waals surface area contributed by atoms with Crippen LogP contribution in [0, 0.1) is 0 Å². The van der Waals surface area contributed by atoms with Crippen LogP contribution in [0.4, 0.5) is 0 Å². The molecule has 3 aromatic rings. The minimum atomic E-state index is 0.603. The quantitative estimate of drug-likeness (QED) is 0.619. The average molecular weight is 331 g/mol. The molecule has 0 saturated carbocycles. The Bertz CT molecular complexity index is 766. The zero-order valence-electron chi connectivity index (χ0n) is 14.7. The molecule has 3 rings (SSSR count). The molecule has 0 atom stereocenters.